The number of ether oxygens (including phenoxy) is 1. The van der Waals surface area contributed by atoms with Gasteiger partial charge in [0.25, 0.3) is 0 Å². The molecule has 18 heavy (non-hydrogen) atoms. The normalized spacial score (nSPS) is 17.4. The van der Waals surface area contributed by atoms with Gasteiger partial charge >= 0.3 is 5.97 Å². The van der Waals surface area contributed by atoms with Gasteiger partial charge in [-0.1, -0.05) is 18.7 Å². The number of hydrogen-bond donors (Lipinski definition) is 0. The van der Waals surface area contributed by atoms with Gasteiger partial charge in [0.05, 0.1) is 5.56 Å². The first-order valence-corrected chi connectivity index (χ1v) is 6.99. The first-order valence-electron chi connectivity index (χ1n) is 6.19. The molecule has 0 spiro atoms. The van der Waals surface area contributed by atoms with Crippen LogP contribution in [0.15, 0.2) is 29.3 Å². The highest BCUT2D eigenvalue weighted by atomic mass is 79.9. The molecule has 0 bridgehead atoms. The number of esters is 1. The molecule has 0 saturated heterocycles. The average Bonchev–Trinajstić information content (AvgIpc) is 2.76. The predicted octanol–water partition coefficient (Wildman–Crippen LogP) is 4.58. The van der Waals surface area contributed by atoms with Gasteiger partial charge in [0.15, 0.2) is 0 Å². The molecule has 1 aromatic rings. The van der Waals surface area contributed by atoms with Gasteiger partial charge in [-0.2, -0.15) is 0 Å². The lowest BCUT2D eigenvalue weighted by molar-refractivity contribution is -0.00618. The molecule has 0 unspecified atom stereocenters. The topological polar surface area (TPSA) is 26.3 Å². The maximum absolute atomic E-state index is 12.2. The highest BCUT2D eigenvalue weighted by Gasteiger charge is 2.33. The molecule has 2 nitrogen and oxygen atoms in total. The van der Waals surface area contributed by atoms with Crippen molar-refractivity contribution >= 4 is 28.0 Å². The summed E-state index contributed by atoms with van der Waals surface area (Å²) < 4.78 is 6.43. The van der Waals surface area contributed by atoms with E-state index in [1.54, 1.807) is 12.1 Å². The van der Waals surface area contributed by atoms with Crippen molar-refractivity contribution in [1.82, 2.24) is 0 Å². The fourth-order valence-electron chi connectivity index (χ4n) is 2.33. The summed E-state index contributed by atoms with van der Waals surface area (Å²) in [7, 11) is 0. The van der Waals surface area contributed by atoms with Gasteiger partial charge in [0.1, 0.15) is 5.60 Å². The first-order chi connectivity index (χ1) is 8.54. The molecule has 1 aromatic carbocycles. The van der Waals surface area contributed by atoms with Gasteiger partial charge < -0.3 is 4.74 Å². The van der Waals surface area contributed by atoms with Crippen LogP contribution in [0.25, 0.3) is 6.08 Å². The van der Waals surface area contributed by atoms with Crippen molar-refractivity contribution in [3.63, 3.8) is 0 Å². The number of rotatable bonds is 3. The first kappa shape index (κ1) is 13.3. The minimum Gasteiger partial charge on any atom is -0.456 e. The van der Waals surface area contributed by atoms with Gasteiger partial charge in [0, 0.05) is 4.47 Å². The molecule has 2 rings (SSSR count). The van der Waals surface area contributed by atoms with Crippen LogP contribution in [0.5, 0.6) is 0 Å². The minimum atomic E-state index is -0.291. The summed E-state index contributed by atoms with van der Waals surface area (Å²) >= 11 is 3.39. The summed E-state index contributed by atoms with van der Waals surface area (Å²) in [6.07, 6.45) is 5.91. The third kappa shape index (κ3) is 2.83. The zero-order valence-electron chi connectivity index (χ0n) is 10.5. The Balaban J connectivity index is 2.20. The molecule has 0 amide bonds. The Morgan fingerprint density at radius 3 is 2.72 bits per heavy atom. The molecule has 0 atom stereocenters. The number of carbonyl (C=O) groups is 1. The van der Waals surface area contributed by atoms with Gasteiger partial charge in [-0.05, 0) is 66.2 Å². The van der Waals surface area contributed by atoms with E-state index in [9.17, 15) is 4.79 Å². The van der Waals surface area contributed by atoms with Crippen molar-refractivity contribution in [3.05, 3.63) is 40.4 Å². The van der Waals surface area contributed by atoms with Gasteiger partial charge in [-0.3, -0.25) is 0 Å². The Morgan fingerprint density at radius 2 is 2.11 bits per heavy atom. The summed E-state index contributed by atoms with van der Waals surface area (Å²) in [6, 6.07) is 5.56. The van der Waals surface area contributed by atoms with Crippen LogP contribution in [0.1, 0.15) is 48.5 Å². The van der Waals surface area contributed by atoms with Crippen LogP contribution in [0.3, 0.4) is 0 Å². The van der Waals surface area contributed by atoms with Crippen LogP contribution < -0.4 is 0 Å². The average molecular weight is 309 g/mol. The van der Waals surface area contributed by atoms with Crippen LogP contribution in [-0.4, -0.2) is 11.6 Å². The fourth-order valence-corrected chi connectivity index (χ4v) is 2.74. The summed E-state index contributed by atoms with van der Waals surface area (Å²) in [4.78, 5) is 12.2. The summed E-state index contributed by atoms with van der Waals surface area (Å²) in [5.74, 6) is -0.255. The Bertz CT molecular complexity index is 473. The Hall–Kier alpha value is -1.09. The van der Waals surface area contributed by atoms with Gasteiger partial charge in [-0.15, -0.1) is 0 Å². The second kappa shape index (κ2) is 5.27. The second-order valence-corrected chi connectivity index (χ2v) is 5.84. The van der Waals surface area contributed by atoms with E-state index in [1.165, 1.54) is 0 Å². The smallest absolute Gasteiger partial charge is 0.339 e. The standard InChI is InChI=1S/C15H17BrO2/c1-3-11-6-7-13(16)12(10-11)14(17)18-15(2)8-4-5-9-15/h3,6-7,10H,1,4-5,8-9H2,2H3. The zero-order chi connectivity index (χ0) is 13.2. The molecule has 0 aromatic heterocycles. The van der Waals surface area contributed by atoms with Gasteiger partial charge in [-0.25, -0.2) is 4.79 Å². The molecule has 0 heterocycles. The van der Waals surface area contributed by atoms with E-state index < -0.39 is 0 Å². The van der Waals surface area contributed by atoms with Gasteiger partial charge in [0.2, 0.25) is 0 Å². The number of hydrogen-bond acceptors (Lipinski definition) is 2. The van der Waals surface area contributed by atoms with Crippen molar-refractivity contribution in [2.24, 2.45) is 0 Å². The van der Waals surface area contributed by atoms with E-state index in [0.717, 1.165) is 35.7 Å². The predicted molar refractivity (Wildman–Crippen MR) is 76.5 cm³/mol. The highest BCUT2D eigenvalue weighted by molar-refractivity contribution is 9.10. The summed E-state index contributed by atoms with van der Waals surface area (Å²) in [5.41, 5.74) is 1.20. The Morgan fingerprint density at radius 1 is 1.44 bits per heavy atom. The highest BCUT2D eigenvalue weighted by Crippen LogP contribution is 2.34. The lowest BCUT2D eigenvalue weighted by Gasteiger charge is -2.24. The molecule has 1 saturated carbocycles. The van der Waals surface area contributed by atoms with Crippen molar-refractivity contribution in [2.75, 3.05) is 0 Å². The molecule has 0 aliphatic heterocycles. The van der Waals surface area contributed by atoms with Crippen molar-refractivity contribution in [3.8, 4) is 0 Å². The maximum atomic E-state index is 12.2. The molecule has 0 radical (unpaired) electrons. The lowest BCUT2D eigenvalue weighted by atomic mass is 10.1. The molecular formula is C15H17BrO2. The van der Waals surface area contributed by atoms with E-state index in [0.29, 0.717) is 5.56 Å². The van der Waals surface area contributed by atoms with E-state index in [4.69, 9.17) is 4.74 Å². The van der Waals surface area contributed by atoms with E-state index in [-0.39, 0.29) is 11.6 Å². The Labute approximate surface area is 116 Å². The third-order valence-electron chi connectivity index (χ3n) is 3.45. The maximum Gasteiger partial charge on any atom is 0.339 e. The minimum absolute atomic E-state index is 0.255. The molecule has 0 N–H and O–H groups in total. The molecular weight excluding hydrogens is 292 g/mol. The Kier molecular flexibility index (Phi) is 3.91. The van der Waals surface area contributed by atoms with Crippen molar-refractivity contribution < 1.29 is 9.53 Å². The number of halogens is 1. The second-order valence-electron chi connectivity index (χ2n) is 4.99. The van der Waals surface area contributed by atoms with Crippen LogP contribution >= 0.6 is 15.9 Å². The van der Waals surface area contributed by atoms with E-state index >= 15 is 0 Å². The van der Waals surface area contributed by atoms with Crippen LogP contribution in [-0.2, 0) is 4.74 Å². The third-order valence-corrected chi connectivity index (χ3v) is 4.14. The molecule has 3 heteroatoms. The molecule has 1 fully saturated rings. The monoisotopic (exact) mass is 308 g/mol. The van der Waals surface area contributed by atoms with Crippen molar-refractivity contribution in [1.29, 1.82) is 0 Å². The van der Waals surface area contributed by atoms with Crippen LogP contribution in [0.2, 0.25) is 0 Å². The van der Waals surface area contributed by atoms with E-state index in [2.05, 4.69) is 22.5 Å². The van der Waals surface area contributed by atoms with Crippen LogP contribution in [0.4, 0.5) is 0 Å². The van der Waals surface area contributed by atoms with Crippen molar-refractivity contribution in [2.45, 2.75) is 38.2 Å². The molecule has 96 valence electrons. The molecule has 1 aliphatic rings. The summed E-state index contributed by atoms with van der Waals surface area (Å²) in [5, 5.41) is 0. The molecule has 1 aliphatic carbocycles. The lowest BCUT2D eigenvalue weighted by Crippen LogP contribution is -2.28. The summed E-state index contributed by atoms with van der Waals surface area (Å²) in [6.45, 7) is 5.73. The van der Waals surface area contributed by atoms with Crippen LogP contribution in [0, 0.1) is 0 Å². The SMILES string of the molecule is C=Cc1ccc(Br)c(C(=O)OC2(C)CCCC2)c1. The van der Waals surface area contributed by atoms with E-state index in [1.807, 2.05) is 19.1 Å². The number of benzene rings is 1. The number of carbonyl (C=O) groups excluding carboxylic acids is 1. The largest absolute Gasteiger partial charge is 0.456 e. The zero-order valence-corrected chi connectivity index (χ0v) is 12.1. The quantitative estimate of drug-likeness (QED) is 0.764. The fraction of sp³-hybridized carbons (Fsp3) is 0.400.